The number of pyridine rings is 2. The van der Waals surface area contributed by atoms with E-state index in [1.807, 2.05) is 12.1 Å². The minimum Gasteiger partial charge on any atom is -0.379 e. The first-order chi connectivity index (χ1) is 11.5. The molecule has 1 aliphatic rings. The highest BCUT2D eigenvalue weighted by atomic mass is 16.5. The Morgan fingerprint density at radius 3 is 2.79 bits per heavy atom. The standard InChI is InChI=1S/C18H21N3O3/c1-11-7-12(2)20-17(22)16(11)18(23)21-15-10-24-9-14(15)8-13-3-5-19-6-4-13/h3-7,14-15H,8-10H2,1-2H3,(H,20,22)(H,21,23)/t14-,15+/m1/s1. The highest BCUT2D eigenvalue weighted by Gasteiger charge is 2.30. The molecule has 0 unspecified atom stereocenters. The zero-order chi connectivity index (χ0) is 17.1. The number of carbonyl (C=O) groups excluding carboxylic acids is 1. The van der Waals surface area contributed by atoms with Crippen molar-refractivity contribution in [2.75, 3.05) is 13.2 Å². The summed E-state index contributed by atoms with van der Waals surface area (Å²) >= 11 is 0. The summed E-state index contributed by atoms with van der Waals surface area (Å²) < 4.78 is 5.54. The lowest BCUT2D eigenvalue weighted by Crippen LogP contribution is -2.42. The highest BCUT2D eigenvalue weighted by Crippen LogP contribution is 2.19. The Morgan fingerprint density at radius 2 is 2.08 bits per heavy atom. The van der Waals surface area contributed by atoms with E-state index in [0.29, 0.717) is 18.8 Å². The lowest BCUT2D eigenvalue weighted by molar-refractivity contribution is 0.0923. The molecule has 6 heteroatoms. The monoisotopic (exact) mass is 327 g/mol. The van der Waals surface area contributed by atoms with Crippen molar-refractivity contribution in [3.63, 3.8) is 0 Å². The predicted octanol–water partition coefficient (Wildman–Crippen LogP) is 1.37. The molecule has 0 saturated carbocycles. The summed E-state index contributed by atoms with van der Waals surface area (Å²) in [5.41, 5.74) is 2.40. The molecule has 1 saturated heterocycles. The molecular formula is C18H21N3O3. The molecule has 1 amide bonds. The molecule has 0 spiro atoms. The van der Waals surface area contributed by atoms with E-state index in [1.165, 1.54) is 0 Å². The maximum absolute atomic E-state index is 12.6. The number of hydrogen-bond acceptors (Lipinski definition) is 4. The van der Waals surface area contributed by atoms with Crippen LogP contribution in [-0.2, 0) is 11.2 Å². The first-order valence-electron chi connectivity index (χ1n) is 8.02. The number of ether oxygens (including phenoxy) is 1. The van der Waals surface area contributed by atoms with Crippen molar-refractivity contribution in [1.29, 1.82) is 0 Å². The first-order valence-corrected chi connectivity index (χ1v) is 8.02. The quantitative estimate of drug-likeness (QED) is 0.888. The Balaban J connectivity index is 1.73. The fraction of sp³-hybridized carbons (Fsp3) is 0.389. The van der Waals surface area contributed by atoms with Gasteiger partial charge in [-0.3, -0.25) is 14.6 Å². The van der Waals surface area contributed by atoms with Crippen molar-refractivity contribution in [2.24, 2.45) is 5.92 Å². The van der Waals surface area contributed by atoms with E-state index in [-0.39, 0.29) is 29.0 Å². The second kappa shape index (κ2) is 6.97. The van der Waals surface area contributed by atoms with Crippen LogP contribution < -0.4 is 10.9 Å². The first kappa shape index (κ1) is 16.4. The minimum atomic E-state index is -0.352. The van der Waals surface area contributed by atoms with Crippen molar-refractivity contribution in [3.8, 4) is 0 Å². The van der Waals surface area contributed by atoms with Gasteiger partial charge in [0.1, 0.15) is 5.56 Å². The van der Waals surface area contributed by atoms with Gasteiger partial charge in [-0.05, 0) is 49.6 Å². The van der Waals surface area contributed by atoms with Crippen molar-refractivity contribution >= 4 is 5.91 Å². The fourth-order valence-electron chi connectivity index (χ4n) is 3.16. The summed E-state index contributed by atoms with van der Waals surface area (Å²) in [6.07, 6.45) is 4.32. The zero-order valence-electron chi connectivity index (χ0n) is 13.8. The van der Waals surface area contributed by atoms with Crippen LogP contribution in [0.1, 0.15) is 27.2 Å². The molecule has 0 aromatic carbocycles. The molecule has 6 nitrogen and oxygen atoms in total. The van der Waals surface area contributed by atoms with Gasteiger partial charge in [-0.2, -0.15) is 0 Å². The Bertz CT molecular complexity index is 786. The Morgan fingerprint density at radius 1 is 1.33 bits per heavy atom. The topological polar surface area (TPSA) is 84.1 Å². The smallest absolute Gasteiger partial charge is 0.261 e. The van der Waals surface area contributed by atoms with Crippen molar-refractivity contribution in [3.05, 3.63) is 63.3 Å². The van der Waals surface area contributed by atoms with Crippen LogP contribution in [0.15, 0.2) is 35.4 Å². The number of H-pyrrole nitrogens is 1. The molecule has 0 radical (unpaired) electrons. The van der Waals surface area contributed by atoms with E-state index < -0.39 is 0 Å². The van der Waals surface area contributed by atoms with Crippen LogP contribution in [0.25, 0.3) is 0 Å². The third-order valence-corrected chi connectivity index (χ3v) is 4.35. The normalized spacial score (nSPS) is 20.1. The van der Waals surface area contributed by atoms with Crippen LogP contribution in [0.4, 0.5) is 0 Å². The SMILES string of the molecule is Cc1cc(C)c(C(=O)N[C@H]2COC[C@H]2Cc2ccncc2)c(=O)[nH]1. The molecule has 2 N–H and O–H groups in total. The van der Waals surface area contributed by atoms with Gasteiger partial charge in [0.2, 0.25) is 0 Å². The molecule has 0 bridgehead atoms. The molecule has 2 aromatic heterocycles. The van der Waals surface area contributed by atoms with E-state index in [4.69, 9.17) is 4.74 Å². The molecule has 24 heavy (non-hydrogen) atoms. The molecular weight excluding hydrogens is 306 g/mol. The van der Waals surface area contributed by atoms with Crippen LogP contribution in [0, 0.1) is 19.8 Å². The number of hydrogen-bond donors (Lipinski definition) is 2. The van der Waals surface area contributed by atoms with Gasteiger partial charge >= 0.3 is 0 Å². The average molecular weight is 327 g/mol. The van der Waals surface area contributed by atoms with Crippen LogP contribution >= 0.6 is 0 Å². The molecule has 1 aliphatic heterocycles. The van der Waals surface area contributed by atoms with Gasteiger partial charge in [0.15, 0.2) is 0 Å². The van der Waals surface area contributed by atoms with Crippen LogP contribution in [-0.4, -0.2) is 35.1 Å². The number of aromatic nitrogens is 2. The van der Waals surface area contributed by atoms with E-state index in [9.17, 15) is 9.59 Å². The zero-order valence-corrected chi connectivity index (χ0v) is 13.8. The third kappa shape index (κ3) is 3.54. The summed E-state index contributed by atoms with van der Waals surface area (Å²) in [5.74, 6) is -0.162. The third-order valence-electron chi connectivity index (χ3n) is 4.35. The summed E-state index contributed by atoms with van der Waals surface area (Å²) in [6.45, 7) is 4.63. The molecule has 126 valence electrons. The minimum absolute atomic E-state index is 0.106. The lowest BCUT2D eigenvalue weighted by atomic mass is 9.95. The number of rotatable bonds is 4. The second-order valence-electron chi connectivity index (χ2n) is 6.28. The average Bonchev–Trinajstić information content (AvgIpc) is 2.94. The Labute approximate surface area is 140 Å². The summed E-state index contributed by atoms with van der Waals surface area (Å²) in [5, 5.41) is 2.97. The van der Waals surface area contributed by atoms with Gasteiger partial charge in [-0.15, -0.1) is 0 Å². The van der Waals surface area contributed by atoms with Crippen molar-refractivity contribution in [2.45, 2.75) is 26.3 Å². The van der Waals surface area contributed by atoms with Gasteiger partial charge in [-0.25, -0.2) is 0 Å². The van der Waals surface area contributed by atoms with E-state index in [1.54, 1.807) is 32.3 Å². The maximum atomic E-state index is 12.6. The summed E-state index contributed by atoms with van der Waals surface area (Å²) in [6, 6.07) is 5.62. The fourth-order valence-corrected chi connectivity index (χ4v) is 3.16. The van der Waals surface area contributed by atoms with Gasteiger partial charge in [0.25, 0.3) is 11.5 Å². The van der Waals surface area contributed by atoms with E-state index in [0.717, 1.165) is 17.7 Å². The van der Waals surface area contributed by atoms with Gasteiger partial charge in [0, 0.05) is 24.0 Å². The van der Waals surface area contributed by atoms with Gasteiger partial charge in [-0.1, -0.05) is 0 Å². The maximum Gasteiger partial charge on any atom is 0.261 e. The van der Waals surface area contributed by atoms with Gasteiger partial charge < -0.3 is 15.0 Å². The highest BCUT2D eigenvalue weighted by molar-refractivity contribution is 5.95. The molecule has 2 atom stereocenters. The summed E-state index contributed by atoms with van der Waals surface area (Å²) in [4.78, 5) is 31.3. The van der Waals surface area contributed by atoms with Crippen LogP contribution in [0.5, 0.6) is 0 Å². The molecule has 2 aromatic rings. The number of amides is 1. The number of nitrogens with one attached hydrogen (secondary N) is 2. The Kier molecular flexibility index (Phi) is 4.76. The van der Waals surface area contributed by atoms with E-state index >= 15 is 0 Å². The number of aryl methyl sites for hydroxylation is 2. The van der Waals surface area contributed by atoms with Gasteiger partial charge in [0.05, 0.1) is 19.3 Å². The lowest BCUT2D eigenvalue weighted by Gasteiger charge is -2.19. The molecule has 1 fully saturated rings. The van der Waals surface area contributed by atoms with Crippen LogP contribution in [0.2, 0.25) is 0 Å². The summed E-state index contributed by atoms with van der Waals surface area (Å²) in [7, 11) is 0. The number of carbonyl (C=O) groups is 1. The van der Waals surface area contributed by atoms with Crippen LogP contribution in [0.3, 0.4) is 0 Å². The number of nitrogens with zero attached hydrogens (tertiary/aromatic N) is 1. The predicted molar refractivity (Wildman–Crippen MR) is 90.0 cm³/mol. The van der Waals surface area contributed by atoms with E-state index in [2.05, 4.69) is 15.3 Å². The van der Waals surface area contributed by atoms with Crippen molar-refractivity contribution in [1.82, 2.24) is 15.3 Å². The van der Waals surface area contributed by atoms with Crippen molar-refractivity contribution < 1.29 is 9.53 Å². The Hall–Kier alpha value is -2.47. The second-order valence-corrected chi connectivity index (χ2v) is 6.28. The largest absolute Gasteiger partial charge is 0.379 e. The molecule has 0 aliphatic carbocycles. The number of aromatic amines is 1. The molecule has 3 rings (SSSR count). The molecule has 3 heterocycles.